The summed E-state index contributed by atoms with van der Waals surface area (Å²) in [6.07, 6.45) is 1.07. The Morgan fingerprint density at radius 3 is 2.58 bits per heavy atom. The van der Waals surface area contributed by atoms with Gasteiger partial charge in [0.25, 0.3) is 5.91 Å². The van der Waals surface area contributed by atoms with E-state index in [2.05, 4.69) is 29.4 Å². The van der Waals surface area contributed by atoms with Crippen LogP contribution in [-0.2, 0) is 4.79 Å². The topological polar surface area (TPSA) is 70.7 Å². The van der Waals surface area contributed by atoms with Crippen molar-refractivity contribution >= 4 is 11.8 Å². The predicted octanol–water partition coefficient (Wildman–Crippen LogP) is 1.66. The summed E-state index contributed by atoms with van der Waals surface area (Å²) in [6.45, 7) is 7.92. The Bertz CT molecular complexity index is 534. The van der Waals surface area contributed by atoms with Gasteiger partial charge in [-0.3, -0.25) is 9.59 Å². The first kappa shape index (κ1) is 20.0. The maximum atomic E-state index is 12.2. The Balaban J connectivity index is 2.38. The molecule has 0 aromatic heterocycles. The molecule has 0 aliphatic heterocycles. The highest BCUT2D eigenvalue weighted by atomic mass is 16.5. The first-order valence-electron chi connectivity index (χ1n) is 8.46. The minimum atomic E-state index is -0.314. The van der Waals surface area contributed by atoms with Crippen LogP contribution < -0.4 is 15.4 Å². The SMILES string of the molecule is CCOc1ccccc1C(=O)NCC(=O)NCCN(C)[C@H](C)CC. The number of carbonyl (C=O) groups excluding carboxylic acids is 2. The van der Waals surface area contributed by atoms with Crippen LogP contribution in [0.2, 0.25) is 0 Å². The van der Waals surface area contributed by atoms with Gasteiger partial charge in [-0.25, -0.2) is 0 Å². The van der Waals surface area contributed by atoms with Gasteiger partial charge in [-0.15, -0.1) is 0 Å². The van der Waals surface area contributed by atoms with Gasteiger partial charge in [-0.05, 0) is 39.4 Å². The zero-order chi connectivity index (χ0) is 17.9. The molecule has 0 saturated carbocycles. The molecule has 0 bridgehead atoms. The van der Waals surface area contributed by atoms with Crippen molar-refractivity contribution in [2.75, 3.05) is 33.3 Å². The Morgan fingerprint density at radius 1 is 1.21 bits per heavy atom. The lowest BCUT2D eigenvalue weighted by Crippen LogP contribution is -2.41. The van der Waals surface area contributed by atoms with E-state index in [0.717, 1.165) is 13.0 Å². The maximum absolute atomic E-state index is 12.2. The highest BCUT2D eigenvalue weighted by Gasteiger charge is 2.13. The first-order chi connectivity index (χ1) is 11.5. The molecule has 0 heterocycles. The lowest BCUT2D eigenvalue weighted by atomic mass is 10.2. The standard InChI is InChI=1S/C18H29N3O3/c1-5-14(3)21(4)12-11-19-17(22)13-20-18(23)15-9-7-8-10-16(15)24-6-2/h7-10,14H,5-6,11-13H2,1-4H3,(H,19,22)(H,20,23)/t14-/m1/s1. The van der Waals surface area contributed by atoms with Gasteiger partial charge in [0, 0.05) is 19.1 Å². The summed E-state index contributed by atoms with van der Waals surface area (Å²) in [6, 6.07) is 7.48. The molecule has 1 rings (SSSR count). The molecule has 0 aliphatic rings. The first-order valence-corrected chi connectivity index (χ1v) is 8.46. The molecule has 0 fully saturated rings. The number of para-hydroxylation sites is 1. The van der Waals surface area contributed by atoms with Gasteiger partial charge < -0.3 is 20.3 Å². The van der Waals surface area contributed by atoms with E-state index in [-0.39, 0.29) is 18.4 Å². The van der Waals surface area contributed by atoms with Crippen LogP contribution in [0.15, 0.2) is 24.3 Å². The maximum Gasteiger partial charge on any atom is 0.255 e. The molecule has 0 radical (unpaired) electrons. The second kappa shape index (κ2) is 10.6. The number of benzene rings is 1. The van der Waals surface area contributed by atoms with Crippen LogP contribution in [-0.4, -0.2) is 56.0 Å². The fourth-order valence-corrected chi connectivity index (χ4v) is 2.16. The molecular formula is C18H29N3O3. The molecule has 1 atom stereocenters. The predicted molar refractivity (Wildman–Crippen MR) is 95.3 cm³/mol. The smallest absolute Gasteiger partial charge is 0.255 e. The summed E-state index contributed by atoms with van der Waals surface area (Å²) in [7, 11) is 2.03. The quantitative estimate of drug-likeness (QED) is 0.682. The number of nitrogens with one attached hydrogen (secondary N) is 2. The Labute approximate surface area is 144 Å². The molecule has 0 saturated heterocycles. The van der Waals surface area contributed by atoms with E-state index in [0.29, 0.717) is 30.5 Å². The number of likely N-dealkylation sites (N-methyl/N-ethyl adjacent to an activating group) is 1. The number of carbonyl (C=O) groups is 2. The van der Waals surface area contributed by atoms with E-state index in [1.54, 1.807) is 18.2 Å². The summed E-state index contributed by atoms with van der Waals surface area (Å²) >= 11 is 0. The molecule has 0 unspecified atom stereocenters. The molecule has 0 spiro atoms. The third-order valence-electron chi connectivity index (χ3n) is 3.97. The van der Waals surface area contributed by atoms with Crippen molar-refractivity contribution in [1.29, 1.82) is 0 Å². The molecule has 6 nitrogen and oxygen atoms in total. The van der Waals surface area contributed by atoms with Crippen LogP contribution in [0, 0.1) is 0 Å². The fraction of sp³-hybridized carbons (Fsp3) is 0.556. The van der Waals surface area contributed by atoms with Crippen molar-refractivity contribution in [2.45, 2.75) is 33.2 Å². The van der Waals surface area contributed by atoms with Gasteiger partial charge in [0.15, 0.2) is 0 Å². The molecule has 1 aromatic rings. The Hall–Kier alpha value is -2.08. The van der Waals surface area contributed by atoms with E-state index in [9.17, 15) is 9.59 Å². The highest BCUT2D eigenvalue weighted by molar-refractivity contribution is 5.98. The molecule has 24 heavy (non-hydrogen) atoms. The average molecular weight is 335 g/mol. The van der Waals surface area contributed by atoms with Crippen molar-refractivity contribution in [3.63, 3.8) is 0 Å². The Kier molecular flexibility index (Phi) is 8.86. The largest absolute Gasteiger partial charge is 0.493 e. The van der Waals surface area contributed by atoms with Crippen LogP contribution in [0.1, 0.15) is 37.6 Å². The third-order valence-corrected chi connectivity index (χ3v) is 3.97. The molecule has 2 N–H and O–H groups in total. The van der Waals surface area contributed by atoms with Crippen LogP contribution >= 0.6 is 0 Å². The molecule has 1 aromatic carbocycles. The monoisotopic (exact) mass is 335 g/mol. The van der Waals surface area contributed by atoms with Gasteiger partial charge in [-0.1, -0.05) is 19.1 Å². The molecule has 0 aliphatic carbocycles. The normalized spacial score (nSPS) is 11.9. The van der Waals surface area contributed by atoms with E-state index < -0.39 is 0 Å². The summed E-state index contributed by atoms with van der Waals surface area (Å²) in [4.78, 5) is 26.2. The summed E-state index contributed by atoms with van der Waals surface area (Å²) < 4.78 is 5.42. The molecule has 6 heteroatoms. The zero-order valence-corrected chi connectivity index (χ0v) is 15.1. The second-order valence-electron chi connectivity index (χ2n) is 5.70. The average Bonchev–Trinajstić information content (AvgIpc) is 2.59. The Morgan fingerprint density at radius 2 is 1.92 bits per heavy atom. The van der Waals surface area contributed by atoms with Crippen molar-refractivity contribution in [3.05, 3.63) is 29.8 Å². The minimum absolute atomic E-state index is 0.0493. The number of ether oxygens (including phenoxy) is 1. The van der Waals surface area contributed by atoms with E-state index in [1.807, 2.05) is 20.0 Å². The van der Waals surface area contributed by atoms with E-state index in [1.165, 1.54) is 0 Å². The van der Waals surface area contributed by atoms with Crippen LogP contribution in [0.4, 0.5) is 0 Å². The van der Waals surface area contributed by atoms with Gasteiger partial charge in [0.05, 0.1) is 18.7 Å². The summed E-state index contributed by atoms with van der Waals surface area (Å²) in [5.41, 5.74) is 0.434. The summed E-state index contributed by atoms with van der Waals surface area (Å²) in [5, 5.41) is 5.44. The molecule has 2 amide bonds. The van der Waals surface area contributed by atoms with E-state index in [4.69, 9.17) is 4.74 Å². The molecular weight excluding hydrogens is 306 g/mol. The third kappa shape index (κ3) is 6.58. The second-order valence-corrected chi connectivity index (χ2v) is 5.70. The minimum Gasteiger partial charge on any atom is -0.493 e. The number of hydrogen-bond donors (Lipinski definition) is 2. The molecule has 134 valence electrons. The van der Waals surface area contributed by atoms with Crippen molar-refractivity contribution in [1.82, 2.24) is 15.5 Å². The number of hydrogen-bond acceptors (Lipinski definition) is 4. The zero-order valence-electron chi connectivity index (χ0n) is 15.1. The lowest BCUT2D eigenvalue weighted by molar-refractivity contribution is -0.120. The van der Waals surface area contributed by atoms with Crippen LogP contribution in [0.3, 0.4) is 0 Å². The van der Waals surface area contributed by atoms with Gasteiger partial charge in [-0.2, -0.15) is 0 Å². The van der Waals surface area contributed by atoms with Crippen LogP contribution in [0.5, 0.6) is 5.75 Å². The van der Waals surface area contributed by atoms with Crippen molar-refractivity contribution in [3.8, 4) is 5.75 Å². The van der Waals surface area contributed by atoms with E-state index >= 15 is 0 Å². The van der Waals surface area contributed by atoms with Gasteiger partial charge in [0.1, 0.15) is 5.75 Å². The van der Waals surface area contributed by atoms with Gasteiger partial charge >= 0.3 is 0 Å². The number of nitrogens with zero attached hydrogens (tertiary/aromatic N) is 1. The number of rotatable bonds is 10. The lowest BCUT2D eigenvalue weighted by Gasteiger charge is -2.23. The highest BCUT2D eigenvalue weighted by Crippen LogP contribution is 2.17. The van der Waals surface area contributed by atoms with Crippen LogP contribution in [0.25, 0.3) is 0 Å². The van der Waals surface area contributed by atoms with Crippen molar-refractivity contribution < 1.29 is 14.3 Å². The van der Waals surface area contributed by atoms with Crippen molar-refractivity contribution in [2.24, 2.45) is 0 Å². The fourth-order valence-electron chi connectivity index (χ4n) is 2.16. The summed E-state index contributed by atoms with van der Waals surface area (Å²) in [5.74, 6) is 0.00815. The van der Waals surface area contributed by atoms with Gasteiger partial charge in [0.2, 0.25) is 5.91 Å². The number of amides is 2.